The van der Waals surface area contributed by atoms with Crippen LogP contribution in [0.2, 0.25) is 0 Å². The lowest BCUT2D eigenvalue weighted by molar-refractivity contribution is -0.156. The van der Waals surface area contributed by atoms with E-state index in [-0.39, 0.29) is 17.2 Å². The normalized spacial score (nSPS) is 29.1. The molecule has 2 saturated carbocycles. The molecule has 0 bridgehead atoms. The summed E-state index contributed by atoms with van der Waals surface area (Å²) in [5.41, 5.74) is -0.171. The van der Waals surface area contributed by atoms with Gasteiger partial charge in [-0.2, -0.15) is 0 Å². The SMILES string of the molecule is COC(=O)C1CCCC2(CCCCC2)C1=O. The van der Waals surface area contributed by atoms with Gasteiger partial charge in [0.2, 0.25) is 0 Å². The lowest BCUT2D eigenvalue weighted by Gasteiger charge is -2.41. The summed E-state index contributed by atoms with van der Waals surface area (Å²) in [5, 5.41) is 0. The molecule has 0 amide bonds. The van der Waals surface area contributed by atoms with Gasteiger partial charge in [-0.3, -0.25) is 9.59 Å². The first-order valence-corrected chi connectivity index (χ1v) is 6.32. The number of hydrogen-bond acceptors (Lipinski definition) is 3. The maximum absolute atomic E-state index is 12.4. The molecule has 2 aliphatic carbocycles. The van der Waals surface area contributed by atoms with E-state index in [0.717, 1.165) is 38.5 Å². The Bertz CT molecular complexity index is 284. The molecule has 0 aromatic rings. The molecular weight excluding hydrogens is 204 g/mol. The van der Waals surface area contributed by atoms with E-state index in [1.807, 2.05) is 0 Å². The van der Waals surface area contributed by atoms with Gasteiger partial charge < -0.3 is 4.74 Å². The van der Waals surface area contributed by atoms with E-state index in [4.69, 9.17) is 4.74 Å². The van der Waals surface area contributed by atoms with Crippen molar-refractivity contribution < 1.29 is 14.3 Å². The molecule has 0 aliphatic heterocycles. The van der Waals surface area contributed by atoms with Crippen LogP contribution in [0.5, 0.6) is 0 Å². The van der Waals surface area contributed by atoms with E-state index in [1.165, 1.54) is 13.5 Å². The van der Waals surface area contributed by atoms with Crippen LogP contribution >= 0.6 is 0 Å². The molecular formula is C13H20O3. The van der Waals surface area contributed by atoms with Gasteiger partial charge in [-0.15, -0.1) is 0 Å². The Morgan fingerprint density at radius 3 is 2.44 bits per heavy atom. The predicted molar refractivity (Wildman–Crippen MR) is 59.9 cm³/mol. The minimum absolute atomic E-state index is 0.171. The van der Waals surface area contributed by atoms with Crippen molar-refractivity contribution in [2.75, 3.05) is 7.11 Å². The number of carbonyl (C=O) groups is 2. The molecule has 0 heterocycles. The average molecular weight is 224 g/mol. The molecule has 0 N–H and O–H groups in total. The summed E-state index contributed by atoms with van der Waals surface area (Å²) in [6.45, 7) is 0. The third kappa shape index (κ3) is 1.87. The quantitative estimate of drug-likeness (QED) is 0.507. The minimum Gasteiger partial charge on any atom is -0.468 e. The van der Waals surface area contributed by atoms with Crippen LogP contribution in [0.3, 0.4) is 0 Å². The van der Waals surface area contributed by atoms with E-state index in [9.17, 15) is 9.59 Å². The van der Waals surface area contributed by atoms with Gasteiger partial charge in [0.1, 0.15) is 5.92 Å². The van der Waals surface area contributed by atoms with E-state index in [1.54, 1.807) is 0 Å². The molecule has 3 nitrogen and oxygen atoms in total. The molecule has 16 heavy (non-hydrogen) atoms. The van der Waals surface area contributed by atoms with Crippen LogP contribution in [-0.2, 0) is 14.3 Å². The number of rotatable bonds is 1. The molecule has 3 heteroatoms. The van der Waals surface area contributed by atoms with E-state index < -0.39 is 5.92 Å². The summed E-state index contributed by atoms with van der Waals surface area (Å²) in [4.78, 5) is 24.0. The summed E-state index contributed by atoms with van der Waals surface area (Å²) < 4.78 is 4.73. The zero-order valence-electron chi connectivity index (χ0n) is 9.96. The van der Waals surface area contributed by atoms with Crippen LogP contribution in [0.25, 0.3) is 0 Å². The third-order valence-electron chi connectivity index (χ3n) is 4.28. The number of ketones is 1. The minimum atomic E-state index is -0.475. The maximum atomic E-state index is 12.4. The average Bonchev–Trinajstić information content (AvgIpc) is 2.33. The number of esters is 1. The Hall–Kier alpha value is -0.860. The Morgan fingerprint density at radius 2 is 1.81 bits per heavy atom. The first-order chi connectivity index (χ1) is 7.69. The van der Waals surface area contributed by atoms with Crippen LogP contribution in [0.4, 0.5) is 0 Å². The molecule has 0 radical (unpaired) electrons. The van der Waals surface area contributed by atoms with E-state index in [0.29, 0.717) is 6.42 Å². The van der Waals surface area contributed by atoms with Crippen molar-refractivity contribution >= 4 is 11.8 Å². The molecule has 0 aromatic heterocycles. The van der Waals surface area contributed by atoms with Crippen molar-refractivity contribution in [1.82, 2.24) is 0 Å². The highest BCUT2D eigenvalue weighted by Gasteiger charge is 2.47. The van der Waals surface area contributed by atoms with Gasteiger partial charge in [-0.05, 0) is 25.7 Å². The molecule has 0 saturated heterocycles. The standard InChI is InChI=1S/C13H20O3/c1-16-12(15)10-6-5-9-13(11(10)14)7-3-2-4-8-13/h10H,2-9H2,1H3. The Labute approximate surface area is 96.5 Å². The van der Waals surface area contributed by atoms with Gasteiger partial charge in [0.15, 0.2) is 5.78 Å². The molecule has 2 rings (SSSR count). The van der Waals surface area contributed by atoms with Crippen LogP contribution in [0.1, 0.15) is 51.4 Å². The fraction of sp³-hybridized carbons (Fsp3) is 0.846. The number of carbonyl (C=O) groups excluding carboxylic acids is 2. The number of ether oxygens (including phenoxy) is 1. The van der Waals surface area contributed by atoms with Crippen molar-refractivity contribution in [1.29, 1.82) is 0 Å². The monoisotopic (exact) mass is 224 g/mol. The molecule has 90 valence electrons. The highest BCUT2D eigenvalue weighted by Crippen LogP contribution is 2.46. The van der Waals surface area contributed by atoms with Crippen molar-refractivity contribution in [3.05, 3.63) is 0 Å². The van der Waals surface area contributed by atoms with Crippen molar-refractivity contribution in [2.24, 2.45) is 11.3 Å². The molecule has 2 aliphatic rings. The third-order valence-corrected chi connectivity index (χ3v) is 4.28. The number of hydrogen-bond donors (Lipinski definition) is 0. The summed E-state index contributed by atoms with van der Waals surface area (Å²) >= 11 is 0. The molecule has 2 fully saturated rings. The Balaban J connectivity index is 2.15. The predicted octanol–water partition coefficient (Wildman–Crippen LogP) is 2.48. The second kappa shape index (κ2) is 4.56. The lowest BCUT2D eigenvalue weighted by Crippen LogP contribution is -2.44. The summed E-state index contributed by atoms with van der Waals surface area (Å²) in [6, 6.07) is 0. The van der Waals surface area contributed by atoms with Crippen LogP contribution in [0.15, 0.2) is 0 Å². The highest BCUT2D eigenvalue weighted by atomic mass is 16.5. The zero-order chi connectivity index (χ0) is 11.6. The lowest BCUT2D eigenvalue weighted by atomic mass is 9.61. The maximum Gasteiger partial charge on any atom is 0.316 e. The molecule has 1 atom stereocenters. The van der Waals surface area contributed by atoms with E-state index in [2.05, 4.69) is 0 Å². The Kier molecular flexibility index (Phi) is 3.31. The van der Waals surface area contributed by atoms with Gasteiger partial charge in [-0.1, -0.05) is 25.7 Å². The first-order valence-electron chi connectivity index (χ1n) is 6.32. The van der Waals surface area contributed by atoms with Crippen LogP contribution in [-0.4, -0.2) is 18.9 Å². The summed E-state index contributed by atoms with van der Waals surface area (Å²) in [6.07, 6.45) is 8.15. The zero-order valence-corrected chi connectivity index (χ0v) is 9.96. The number of Topliss-reactive ketones (excluding diaryl/α,β-unsaturated/α-hetero) is 1. The highest BCUT2D eigenvalue weighted by molar-refractivity contribution is 6.02. The molecule has 1 spiro atoms. The van der Waals surface area contributed by atoms with Gasteiger partial charge in [0.25, 0.3) is 0 Å². The second-order valence-electron chi connectivity index (χ2n) is 5.17. The Morgan fingerprint density at radius 1 is 1.19 bits per heavy atom. The van der Waals surface area contributed by atoms with Gasteiger partial charge in [0, 0.05) is 5.41 Å². The first kappa shape index (κ1) is 11.6. The van der Waals surface area contributed by atoms with Crippen molar-refractivity contribution in [3.63, 3.8) is 0 Å². The fourth-order valence-electron chi connectivity index (χ4n) is 3.36. The molecule has 1 unspecified atom stereocenters. The van der Waals surface area contributed by atoms with Gasteiger partial charge >= 0.3 is 5.97 Å². The number of methoxy groups -OCH3 is 1. The van der Waals surface area contributed by atoms with Gasteiger partial charge in [-0.25, -0.2) is 0 Å². The van der Waals surface area contributed by atoms with Crippen molar-refractivity contribution in [3.8, 4) is 0 Å². The summed E-state index contributed by atoms with van der Waals surface area (Å²) in [7, 11) is 1.37. The molecule has 0 aromatic carbocycles. The van der Waals surface area contributed by atoms with Crippen LogP contribution < -0.4 is 0 Å². The van der Waals surface area contributed by atoms with E-state index >= 15 is 0 Å². The van der Waals surface area contributed by atoms with Crippen LogP contribution in [0, 0.1) is 11.3 Å². The summed E-state index contributed by atoms with van der Waals surface area (Å²) in [5.74, 6) is -0.628. The fourth-order valence-corrected chi connectivity index (χ4v) is 3.36. The second-order valence-corrected chi connectivity index (χ2v) is 5.17. The largest absolute Gasteiger partial charge is 0.468 e. The van der Waals surface area contributed by atoms with Crippen molar-refractivity contribution in [2.45, 2.75) is 51.4 Å². The topological polar surface area (TPSA) is 43.4 Å². The smallest absolute Gasteiger partial charge is 0.316 e. The van der Waals surface area contributed by atoms with Gasteiger partial charge in [0.05, 0.1) is 7.11 Å².